The van der Waals surface area contributed by atoms with Crippen LogP contribution < -0.4 is 0 Å². The molecule has 256 valence electrons. The number of nitrogens with zero attached hydrogens (tertiary/aromatic N) is 4. The second-order valence-electron chi connectivity index (χ2n) is 14.2. The lowest BCUT2D eigenvalue weighted by molar-refractivity contribution is 1.18. The molecule has 0 amide bonds. The van der Waals surface area contributed by atoms with E-state index in [9.17, 15) is 0 Å². The maximum atomic E-state index is 5.29. The molecule has 4 heterocycles. The Labute approximate surface area is 319 Å². The molecule has 0 fully saturated rings. The molecule has 5 heteroatoms. The molecule has 0 saturated heterocycles. The minimum absolute atomic E-state index is 0.867. The highest BCUT2D eigenvalue weighted by molar-refractivity contribution is 7.25. The summed E-state index contributed by atoms with van der Waals surface area (Å²) < 4.78 is 5.98. The van der Waals surface area contributed by atoms with Crippen LogP contribution in [0.1, 0.15) is 0 Å². The highest BCUT2D eigenvalue weighted by Gasteiger charge is 2.18. The van der Waals surface area contributed by atoms with Crippen LogP contribution in [-0.4, -0.2) is 19.1 Å². The largest absolute Gasteiger partial charge is 0.309 e. The van der Waals surface area contributed by atoms with Crippen molar-refractivity contribution >= 4 is 86.2 Å². The van der Waals surface area contributed by atoms with Gasteiger partial charge in [-0.25, -0.2) is 9.97 Å². The molecule has 0 N–H and O–H groups in total. The Kier molecular flexibility index (Phi) is 6.47. The van der Waals surface area contributed by atoms with Gasteiger partial charge in [-0.15, -0.1) is 11.3 Å². The smallest absolute Gasteiger partial charge is 0.143 e. The van der Waals surface area contributed by atoms with Gasteiger partial charge in [0.05, 0.1) is 34.0 Å². The van der Waals surface area contributed by atoms with Gasteiger partial charge < -0.3 is 9.13 Å². The standard InChI is InChI=1S/C50H30N4S/c1-2-13-35(14-3-1)53-44-20-9-7-18-39(44)41-28-32(22-25-45(41)53)33-21-24-40-38-17-6-8-19-43(38)54(46(40)29-33)36-15-10-12-34(27-36)42-30-51-50-49(52-42)48-37-16-5-4-11-31(37)23-26-47(48)55-50/h1-30H. The van der Waals surface area contributed by atoms with Gasteiger partial charge in [-0.1, -0.05) is 115 Å². The van der Waals surface area contributed by atoms with Crippen LogP contribution in [0.2, 0.25) is 0 Å². The number of benzene rings is 8. The normalized spacial score (nSPS) is 12.0. The summed E-state index contributed by atoms with van der Waals surface area (Å²) in [5, 5.41) is 8.57. The summed E-state index contributed by atoms with van der Waals surface area (Å²) >= 11 is 1.71. The average Bonchev–Trinajstić information content (AvgIpc) is 3.91. The lowest BCUT2D eigenvalue weighted by Crippen LogP contribution is -1.95. The second-order valence-corrected chi connectivity index (χ2v) is 15.3. The minimum atomic E-state index is 0.867. The van der Waals surface area contributed by atoms with Crippen molar-refractivity contribution in [1.82, 2.24) is 19.1 Å². The molecule has 0 radical (unpaired) electrons. The first kappa shape index (κ1) is 30.4. The number of fused-ring (bicyclic) bond motifs is 11. The molecule has 4 nitrogen and oxygen atoms in total. The summed E-state index contributed by atoms with van der Waals surface area (Å²) in [6.07, 6.45) is 1.92. The third-order valence-corrected chi connectivity index (χ3v) is 12.2. The van der Waals surface area contributed by atoms with Crippen molar-refractivity contribution in [3.8, 4) is 33.8 Å². The van der Waals surface area contributed by atoms with E-state index in [2.05, 4.69) is 185 Å². The summed E-state index contributed by atoms with van der Waals surface area (Å²) in [6.45, 7) is 0. The van der Waals surface area contributed by atoms with E-state index in [1.165, 1.54) is 75.6 Å². The number of hydrogen-bond donors (Lipinski definition) is 0. The molecule has 4 aromatic heterocycles. The first-order valence-corrected chi connectivity index (χ1v) is 19.4. The van der Waals surface area contributed by atoms with E-state index >= 15 is 0 Å². The van der Waals surface area contributed by atoms with Crippen LogP contribution in [0, 0.1) is 0 Å². The van der Waals surface area contributed by atoms with Gasteiger partial charge in [0, 0.05) is 48.6 Å². The van der Waals surface area contributed by atoms with Gasteiger partial charge in [0.1, 0.15) is 10.3 Å². The first-order valence-electron chi connectivity index (χ1n) is 18.6. The van der Waals surface area contributed by atoms with Crippen molar-refractivity contribution in [2.75, 3.05) is 0 Å². The zero-order valence-electron chi connectivity index (χ0n) is 29.5. The zero-order valence-corrected chi connectivity index (χ0v) is 30.3. The van der Waals surface area contributed by atoms with Crippen LogP contribution in [0.5, 0.6) is 0 Å². The van der Waals surface area contributed by atoms with Gasteiger partial charge in [0.2, 0.25) is 0 Å². The Morgan fingerprint density at radius 3 is 1.93 bits per heavy atom. The fourth-order valence-electron chi connectivity index (χ4n) is 8.68. The van der Waals surface area contributed by atoms with Gasteiger partial charge in [-0.2, -0.15) is 0 Å². The van der Waals surface area contributed by atoms with Crippen LogP contribution in [-0.2, 0) is 0 Å². The summed E-state index contributed by atoms with van der Waals surface area (Å²) in [5.74, 6) is 0. The fraction of sp³-hybridized carbons (Fsp3) is 0. The van der Waals surface area contributed by atoms with Gasteiger partial charge in [-0.05, 0) is 82.6 Å². The molecule has 0 aliphatic heterocycles. The molecule has 12 rings (SSSR count). The summed E-state index contributed by atoms with van der Waals surface area (Å²) in [5.41, 5.74) is 12.2. The molecule has 0 aliphatic rings. The van der Waals surface area contributed by atoms with Gasteiger partial charge in [0.25, 0.3) is 0 Å². The van der Waals surface area contributed by atoms with Crippen molar-refractivity contribution in [1.29, 1.82) is 0 Å². The van der Waals surface area contributed by atoms with Crippen LogP contribution in [0.3, 0.4) is 0 Å². The highest BCUT2D eigenvalue weighted by Crippen LogP contribution is 2.40. The van der Waals surface area contributed by atoms with E-state index in [1.54, 1.807) is 11.3 Å². The number of para-hydroxylation sites is 3. The Morgan fingerprint density at radius 2 is 1.07 bits per heavy atom. The van der Waals surface area contributed by atoms with E-state index in [0.29, 0.717) is 0 Å². The van der Waals surface area contributed by atoms with Crippen LogP contribution in [0.25, 0.3) is 109 Å². The van der Waals surface area contributed by atoms with Crippen molar-refractivity contribution in [3.63, 3.8) is 0 Å². The van der Waals surface area contributed by atoms with Crippen LogP contribution in [0.15, 0.2) is 182 Å². The average molecular weight is 719 g/mol. The van der Waals surface area contributed by atoms with Crippen molar-refractivity contribution < 1.29 is 0 Å². The van der Waals surface area contributed by atoms with E-state index in [0.717, 1.165) is 33.0 Å². The predicted molar refractivity (Wildman–Crippen MR) is 232 cm³/mol. The fourth-order valence-corrected chi connectivity index (χ4v) is 9.68. The lowest BCUT2D eigenvalue weighted by atomic mass is 10.0. The van der Waals surface area contributed by atoms with E-state index in [4.69, 9.17) is 9.97 Å². The molecule has 12 aromatic rings. The molecule has 8 aromatic carbocycles. The molecule has 0 bridgehead atoms. The number of hydrogen-bond acceptors (Lipinski definition) is 3. The summed E-state index contributed by atoms with van der Waals surface area (Å²) in [4.78, 5) is 11.2. The minimum Gasteiger partial charge on any atom is -0.309 e. The Hall–Kier alpha value is -7.08. The molecule has 0 spiro atoms. The summed E-state index contributed by atoms with van der Waals surface area (Å²) in [6, 6.07) is 63.6. The lowest BCUT2D eigenvalue weighted by Gasteiger charge is -2.11. The third kappa shape index (κ3) is 4.57. The van der Waals surface area contributed by atoms with Crippen molar-refractivity contribution in [2.24, 2.45) is 0 Å². The SMILES string of the molecule is c1ccc(-n2c3ccccc3c3cc(-c4ccc5c6ccccc6n(-c6cccc(-c7cnc8sc9ccc%10ccccc%10c9c8n7)c6)c5c4)ccc32)cc1. The quantitative estimate of drug-likeness (QED) is 0.182. The molecule has 0 aliphatic carbocycles. The summed E-state index contributed by atoms with van der Waals surface area (Å²) in [7, 11) is 0. The second kappa shape index (κ2) is 11.7. The Balaban J connectivity index is 1.02. The maximum absolute atomic E-state index is 5.29. The molecule has 0 atom stereocenters. The van der Waals surface area contributed by atoms with Crippen LogP contribution in [0.4, 0.5) is 0 Å². The monoisotopic (exact) mass is 718 g/mol. The van der Waals surface area contributed by atoms with Gasteiger partial charge in [-0.3, -0.25) is 0 Å². The molecular formula is C50H30N4S. The highest BCUT2D eigenvalue weighted by atomic mass is 32.1. The number of rotatable bonds is 4. The zero-order chi connectivity index (χ0) is 36.0. The topological polar surface area (TPSA) is 35.6 Å². The number of thiophene rings is 1. The molecule has 55 heavy (non-hydrogen) atoms. The van der Waals surface area contributed by atoms with Crippen LogP contribution >= 0.6 is 11.3 Å². The van der Waals surface area contributed by atoms with E-state index < -0.39 is 0 Å². The molecule has 0 saturated carbocycles. The van der Waals surface area contributed by atoms with Gasteiger partial charge >= 0.3 is 0 Å². The van der Waals surface area contributed by atoms with Crippen molar-refractivity contribution in [3.05, 3.63) is 182 Å². The Morgan fingerprint density at radius 1 is 0.418 bits per heavy atom. The molecular weight excluding hydrogens is 689 g/mol. The van der Waals surface area contributed by atoms with E-state index in [1.807, 2.05) is 6.20 Å². The Bertz CT molecular complexity index is 3500. The first-order chi connectivity index (χ1) is 27.3. The third-order valence-electron chi connectivity index (χ3n) is 11.2. The molecule has 0 unspecified atom stereocenters. The number of aromatic nitrogens is 4. The van der Waals surface area contributed by atoms with Gasteiger partial charge in [0.15, 0.2) is 0 Å². The van der Waals surface area contributed by atoms with E-state index in [-0.39, 0.29) is 0 Å². The predicted octanol–water partition coefficient (Wildman–Crippen LogP) is 13.5. The van der Waals surface area contributed by atoms with Crippen molar-refractivity contribution in [2.45, 2.75) is 0 Å². The maximum Gasteiger partial charge on any atom is 0.143 e.